The number of thiazole rings is 1. The van der Waals surface area contributed by atoms with Crippen molar-refractivity contribution in [2.24, 2.45) is 0 Å². The van der Waals surface area contributed by atoms with Crippen LogP contribution in [0.3, 0.4) is 0 Å². The molecule has 0 aliphatic rings. The first-order chi connectivity index (χ1) is 10.6. The van der Waals surface area contributed by atoms with Gasteiger partial charge in [-0.25, -0.2) is 14.6 Å². The summed E-state index contributed by atoms with van der Waals surface area (Å²) in [4.78, 5) is 28.9. The fourth-order valence-electron chi connectivity index (χ4n) is 1.96. The largest absolute Gasteiger partial charge is 0.479 e. The molecule has 0 bridgehead atoms. The summed E-state index contributed by atoms with van der Waals surface area (Å²) in [5.41, 5.74) is 0.841. The van der Waals surface area contributed by atoms with E-state index in [4.69, 9.17) is 4.74 Å². The van der Waals surface area contributed by atoms with Gasteiger partial charge in [-0.3, -0.25) is 4.90 Å². The Labute approximate surface area is 132 Å². The van der Waals surface area contributed by atoms with Crippen LogP contribution in [0.4, 0.5) is 4.79 Å². The third-order valence-corrected chi connectivity index (χ3v) is 3.84. The Kier molecular flexibility index (Phi) is 5.48. The van der Waals surface area contributed by atoms with Crippen LogP contribution in [-0.4, -0.2) is 33.6 Å². The van der Waals surface area contributed by atoms with Crippen LogP contribution >= 0.6 is 11.3 Å². The van der Waals surface area contributed by atoms with Gasteiger partial charge in [-0.2, -0.15) is 0 Å². The number of carbonyl (C=O) groups is 2. The molecule has 1 heterocycles. The van der Waals surface area contributed by atoms with Gasteiger partial charge in [0.25, 0.3) is 0 Å². The Morgan fingerprint density at radius 1 is 1.36 bits per heavy atom. The van der Waals surface area contributed by atoms with Crippen molar-refractivity contribution in [2.45, 2.75) is 19.6 Å². The minimum Gasteiger partial charge on any atom is -0.479 e. The molecule has 0 saturated carbocycles. The van der Waals surface area contributed by atoms with Crippen LogP contribution in [0.1, 0.15) is 23.5 Å². The number of benzene rings is 1. The van der Waals surface area contributed by atoms with Crippen molar-refractivity contribution in [2.75, 3.05) is 6.54 Å². The average Bonchev–Trinajstić information content (AvgIpc) is 3.04. The number of carboxylic acid groups (broad SMARTS) is 1. The van der Waals surface area contributed by atoms with Gasteiger partial charge in [-0.1, -0.05) is 30.3 Å². The molecule has 7 heteroatoms. The number of rotatable bonds is 6. The lowest BCUT2D eigenvalue weighted by molar-refractivity contribution is -0.143. The Balaban J connectivity index is 2.08. The second-order valence-electron chi connectivity index (χ2n) is 4.44. The van der Waals surface area contributed by atoms with Crippen LogP contribution < -0.4 is 0 Å². The van der Waals surface area contributed by atoms with Crippen molar-refractivity contribution < 1.29 is 19.4 Å². The van der Waals surface area contributed by atoms with Gasteiger partial charge in [0.2, 0.25) is 0 Å². The number of carboxylic acids is 1. The predicted octanol–water partition coefficient (Wildman–Crippen LogP) is 2.93. The van der Waals surface area contributed by atoms with Crippen molar-refractivity contribution in [3.05, 3.63) is 52.5 Å². The molecular formula is C15H16N2O4S. The first kappa shape index (κ1) is 16.0. The molecule has 1 unspecified atom stereocenters. The summed E-state index contributed by atoms with van der Waals surface area (Å²) < 4.78 is 5.21. The molecule has 1 aromatic heterocycles. The number of aromatic nitrogens is 1. The van der Waals surface area contributed by atoms with Crippen LogP contribution in [0.15, 0.2) is 41.9 Å². The molecule has 0 saturated heterocycles. The summed E-state index contributed by atoms with van der Waals surface area (Å²) in [7, 11) is 0. The standard InChI is InChI=1S/C15H16N2O4S/c1-2-17(12(14(18)19)13-16-8-9-22-13)15(20)21-10-11-6-4-3-5-7-11/h3-9,12H,2,10H2,1H3,(H,18,19). The Bertz CT molecular complexity index is 616. The third-order valence-electron chi connectivity index (χ3n) is 3.01. The SMILES string of the molecule is CCN(C(=O)OCc1ccccc1)C(C(=O)O)c1nccs1. The molecule has 2 rings (SSSR count). The van der Waals surface area contributed by atoms with Gasteiger partial charge in [0.15, 0.2) is 6.04 Å². The Hall–Kier alpha value is -2.41. The van der Waals surface area contributed by atoms with E-state index in [2.05, 4.69) is 4.98 Å². The van der Waals surface area contributed by atoms with Crippen LogP contribution in [0.25, 0.3) is 0 Å². The minimum atomic E-state index is -1.13. The van der Waals surface area contributed by atoms with Crippen LogP contribution in [-0.2, 0) is 16.1 Å². The average molecular weight is 320 g/mol. The van der Waals surface area contributed by atoms with Crippen molar-refractivity contribution in [1.82, 2.24) is 9.88 Å². The van der Waals surface area contributed by atoms with Crippen molar-refractivity contribution in [1.29, 1.82) is 0 Å². The summed E-state index contributed by atoms with van der Waals surface area (Å²) in [6.45, 7) is 2.01. The van der Waals surface area contributed by atoms with Gasteiger partial charge < -0.3 is 9.84 Å². The molecule has 1 atom stereocenters. The van der Waals surface area contributed by atoms with E-state index in [9.17, 15) is 14.7 Å². The Morgan fingerprint density at radius 3 is 2.64 bits per heavy atom. The minimum absolute atomic E-state index is 0.0976. The fraction of sp³-hybridized carbons (Fsp3) is 0.267. The van der Waals surface area contributed by atoms with Crippen molar-refractivity contribution in [3.8, 4) is 0 Å². The highest BCUT2D eigenvalue weighted by atomic mass is 32.1. The molecule has 0 aliphatic carbocycles. The highest BCUT2D eigenvalue weighted by Crippen LogP contribution is 2.24. The highest BCUT2D eigenvalue weighted by molar-refractivity contribution is 7.09. The predicted molar refractivity (Wildman–Crippen MR) is 81.5 cm³/mol. The number of aliphatic carboxylic acids is 1. The van der Waals surface area contributed by atoms with Crippen molar-refractivity contribution >= 4 is 23.4 Å². The van der Waals surface area contributed by atoms with E-state index in [0.29, 0.717) is 5.01 Å². The lowest BCUT2D eigenvalue weighted by Crippen LogP contribution is -2.39. The van der Waals surface area contributed by atoms with E-state index in [1.165, 1.54) is 17.5 Å². The van der Waals surface area contributed by atoms with E-state index in [1.54, 1.807) is 12.3 Å². The molecule has 6 nitrogen and oxygen atoms in total. The van der Waals surface area contributed by atoms with Crippen molar-refractivity contribution in [3.63, 3.8) is 0 Å². The molecular weight excluding hydrogens is 304 g/mol. The molecule has 2 aromatic rings. The van der Waals surface area contributed by atoms with Crippen LogP contribution in [0.5, 0.6) is 0 Å². The monoisotopic (exact) mass is 320 g/mol. The number of likely N-dealkylation sites (N-methyl/N-ethyl adjacent to an activating group) is 1. The lowest BCUT2D eigenvalue weighted by atomic mass is 10.2. The second kappa shape index (κ2) is 7.56. The normalized spacial score (nSPS) is 11.7. The zero-order valence-corrected chi connectivity index (χ0v) is 12.8. The van der Waals surface area contributed by atoms with Gasteiger partial charge in [0.05, 0.1) is 0 Å². The quantitative estimate of drug-likeness (QED) is 0.885. The first-order valence-electron chi connectivity index (χ1n) is 6.73. The number of ether oxygens (including phenoxy) is 1. The van der Waals surface area contributed by atoms with E-state index in [0.717, 1.165) is 10.5 Å². The number of nitrogens with zero attached hydrogens (tertiary/aromatic N) is 2. The van der Waals surface area contributed by atoms with Gasteiger partial charge in [0.1, 0.15) is 11.6 Å². The molecule has 1 N–H and O–H groups in total. The summed E-state index contributed by atoms with van der Waals surface area (Å²) in [6.07, 6.45) is 0.841. The van der Waals surface area contributed by atoms with Gasteiger partial charge >= 0.3 is 12.1 Å². The van der Waals surface area contributed by atoms with Crippen LogP contribution in [0, 0.1) is 0 Å². The molecule has 0 fully saturated rings. The zero-order chi connectivity index (χ0) is 15.9. The molecule has 0 spiro atoms. The van der Waals surface area contributed by atoms with E-state index >= 15 is 0 Å². The number of amides is 1. The maximum Gasteiger partial charge on any atom is 0.411 e. The molecule has 1 aromatic carbocycles. The highest BCUT2D eigenvalue weighted by Gasteiger charge is 2.33. The number of carbonyl (C=O) groups excluding carboxylic acids is 1. The summed E-state index contributed by atoms with van der Waals surface area (Å²) >= 11 is 1.19. The molecule has 1 amide bonds. The molecule has 0 aliphatic heterocycles. The maximum atomic E-state index is 12.2. The number of hydrogen-bond acceptors (Lipinski definition) is 5. The maximum absolute atomic E-state index is 12.2. The number of hydrogen-bond donors (Lipinski definition) is 1. The lowest BCUT2D eigenvalue weighted by Gasteiger charge is -2.25. The molecule has 116 valence electrons. The molecule has 22 heavy (non-hydrogen) atoms. The van der Waals surface area contributed by atoms with Crippen LogP contribution in [0.2, 0.25) is 0 Å². The summed E-state index contributed by atoms with van der Waals surface area (Å²) in [5.74, 6) is -1.13. The zero-order valence-electron chi connectivity index (χ0n) is 12.0. The van der Waals surface area contributed by atoms with Gasteiger partial charge in [-0.15, -0.1) is 11.3 Å². The topological polar surface area (TPSA) is 79.7 Å². The second-order valence-corrected chi connectivity index (χ2v) is 5.36. The van der Waals surface area contributed by atoms with E-state index in [1.807, 2.05) is 30.3 Å². The summed E-state index contributed by atoms with van der Waals surface area (Å²) in [6, 6.07) is 8.09. The molecule has 0 radical (unpaired) electrons. The smallest absolute Gasteiger partial charge is 0.411 e. The van der Waals surface area contributed by atoms with E-state index in [-0.39, 0.29) is 13.2 Å². The first-order valence-corrected chi connectivity index (χ1v) is 7.61. The fourth-order valence-corrected chi connectivity index (χ4v) is 2.70. The van der Waals surface area contributed by atoms with Gasteiger partial charge in [-0.05, 0) is 12.5 Å². The van der Waals surface area contributed by atoms with Gasteiger partial charge in [0, 0.05) is 18.1 Å². The Morgan fingerprint density at radius 2 is 2.09 bits per heavy atom. The van der Waals surface area contributed by atoms with E-state index < -0.39 is 18.1 Å². The third kappa shape index (κ3) is 3.82. The summed E-state index contributed by atoms with van der Waals surface area (Å²) in [5, 5.41) is 11.4.